The van der Waals surface area contributed by atoms with Crippen LogP contribution in [0, 0.1) is 0 Å². The zero-order valence-electron chi connectivity index (χ0n) is 31.5. The Morgan fingerprint density at radius 2 is 1.50 bits per heavy atom. The molecule has 0 unspecified atom stereocenters. The number of carboxylic acids is 2. The number of hydrogen-bond acceptors (Lipinski definition) is 13. The van der Waals surface area contributed by atoms with Crippen molar-refractivity contribution in [2.75, 3.05) is 13.2 Å². The van der Waals surface area contributed by atoms with Crippen LogP contribution in [0.4, 0.5) is 4.79 Å². The summed E-state index contributed by atoms with van der Waals surface area (Å²) in [5.74, 6) is -6.93. The Bertz CT molecular complexity index is 1730. The maximum absolute atomic E-state index is 13.0. The Morgan fingerprint density at radius 3 is 2.09 bits per heavy atom. The van der Waals surface area contributed by atoms with E-state index in [0.717, 1.165) is 18.1 Å². The van der Waals surface area contributed by atoms with Crippen molar-refractivity contribution in [2.24, 2.45) is 0 Å². The number of aliphatic hydroxyl groups is 2. The monoisotopic (exact) mass is 795 g/mol. The molecule has 0 radical (unpaired) electrons. The van der Waals surface area contributed by atoms with Crippen LogP contribution in [-0.4, -0.2) is 94.5 Å². The summed E-state index contributed by atoms with van der Waals surface area (Å²) >= 11 is 0. The van der Waals surface area contributed by atoms with Gasteiger partial charge in [0.15, 0.2) is 0 Å². The number of hydrogen-bond donors (Lipinski definition) is 6. The molecule has 3 amide bonds. The maximum Gasteiger partial charge on any atom is 1.00 e. The number of carbonyl (C=O) groups is 5. The van der Waals surface area contributed by atoms with Gasteiger partial charge in [-0.15, -0.1) is 0 Å². The number of ether oxygens (including phenoxy) is 3. The Hall–Kier alpha value is -3.55. The van der Waals surface area contributed by atoms with Crippen molar-refractivity contribution < 1.29 is 123 Å². The topological polar surface area (TPSA) is 256 Å². The number of carboxylic acid groups (broad SMARTS) is 2. The van der Waals surface area contributed by atoms with E-state index in [1.165, 1.54) is 24.3 Å². The molecule has 1 aliphatic rings. The molecule has 3 aromatic rings. The van der Waals surface area contributed by atoms with Crippen molar-refractivity contribution in [1.82, 2.24) is 16.0 Å². The molecule has 0 aromatic heterocycles. The van der Waals surface area contributed by atoms with Gasteiger partial charge < -0.3 is 65.3 Å². The van der Waals surface area contributed by atoms with Crippen LogP contribution in [-0.2, 0) is 35.2 Å². The van der Waals surface area contributed by atoms with Crippen LogP contribution in [0.25, 0.3) is 11.1 Å². The molecule has 1 saturated heterocycles. The fraction of sp³-hybridized carbons (Fsp3) is 0.395. The molecule has 1 fully saturated rings. The zero-order valence-corrected chi connectivity index (χ0v) is 35.5. The van der Waals surface area contributed by atoms with Gasteiger partial charge in [-0.25, -0.2) is 4.79 Å². The SMILES string of the molecule is CC(=O)N[C@H]1[C@H]([C@H](O)[C@H](O)CNC(=O)c2ccc(-c3ccc(O)cc3)cc2)O[C@@](OCCCCCC(=O)[O-])(C(=O)[O-])C[C@@H]1NC(=O)OCc1ccccc1.[Na+].[Na+]. The Labute approximate surface area is 367 Å². The van der Waals surface area contributed by atoms with Crippen LogP contribution < -0.4 is 85.3 Å². The van der Waals surface area contributed by atoms with Gasteiger partial charge in [0.05, 0.1) is 24.8 Å². The van der Waals surface area contributed by atoms with Crippen LogP contribution in [0.2, 0.25) is 0 Å². The predicted octanol–water partition coefficient (Wildman–Crippen LogP) is -6.12. The second-order valence-corrected chi connectivity index (χ2v) is 12.8. The number of aliphatic carboxylic acids is 2. The number of aliphatic hydroxyl groups excluding tert-OH is 2. The normalized spacial score (nSPS) is 19.8. The van der Waals surface area contributed by atoms with Gasteiger partial charge in [0.2, 0.25) is 11.7 Å². The van der Waals surface area contributed by atoms with E-state index in [1.807, 2.05) is 0 Å². The van der Waals surface area contributed by atoms with Crippen LogP contribution >= 0.6 is 0 Å². The van der Waals surface area contributed by atoms with Crippen LogP contribution in [0.1, 0.15) is 54.9 Å². The number of aromatic hydroxyl groups is 1. The van der Waals surface area contributed by atoms with Crippen LogP contribution in [0.3, 0.4) is 0 Å². The first-order valence-corrected chi connectivity index (χ1v) is 17.3. The van der Waals surface area contributed by atoms with E-state index < -0.39 is 79.0 Å². The second-order valence-electron chi connectivity index (χ2n) is 12.8. The maximum atomic E-state index is 13.0. The van der Waals surface area contributed by atoms with Gasteiger partial charge in [-0.3, -0.25) is 9.59 Å². The van der Waals surface area contributed by atoms with Crippen molar-refractivity contribution >= 4 is 29.8 Å². The molecule has 1 aliphatic heterocycles. The van der Waals surface area contributed by atoms with Gasteiger partial charge in [-0.2, -0.15) is 0 Å². The summed E-state index contributed by atoms with van der Waals surface area (Å²) in [5, 5.41) is 63.1. The molecule has 0 saturated carbocycles. The molecule has 1 heterocycles. The number of phenols is 1. The summed E-state index contributed by atoms with van der Waals surface area (Å²) in [5.41, 5.74) is 2.43. The van der Waals surface area contributed by atoms with E-state index in [1.54, 1.807) is 54.6 Å². The smallest absolute Gasteiger partial charge is 0.550 e. The average Bonchev–Trinajstić information content (AvgIpc) is 3.15. The molecule has 0 aliphatic carbocycles. The van der Waals surface area contributed by atoms with Crippen LogP contribution in [0.5, 0.6) is 5.75 Å². The quantitative estimate of drug-likeness (QED) is 0.0519. The summed E-state index contributed by atoms with van der Waals surface area (Å²) < 4.78 is 16.8. The average molecular weight is 796 g/mol. The number of rotatable bonds is 18. The number of phenolic OH excluding ortho intramolecular Hbond substituents is 1. The molecule has 56 heavy (non-hydrogen) atoms. The molecule has 4 rings (SSSR count). The van der Waals surface area contributed by atoms with Gasteiger partial charge in [-0.05, 0) is 60.2 Å². The van der Waals surface area contributed by atoms with Gasteiger partial charge >= 0.3 is 65.2 Å². The molecule has 0 spiro atoms. The molecule has 16 nitrogen and oxygen atoms in total. The minimum Gasteiger partial charge on any atom is -0.550 e. The molecule has 3 aromatic carbocycles. The van der Waals surface area contributed by atoms with Gasteiger partial charge in [0.1, 0.15) is 30.5 Å². The molecule has 0 bridgehead atoms. The summed E-state index contributed by atoms with van der Waals surface area (Å²) in [6.45, 7) is 0.158. The number of carbonyl (C=O) groups excluding carboxylic acids is 5. The van der Waals surface area contributed by atoms with E-state index in [0.29, 0.717) is 12.0 Å². The van der Waals surface area contributed by atoms with Gasteiger partial charge in [0.25, 0.3) is 5.91 Å². The van der Waals surface area contributed by atoms with Crippen molar-refractivity contribution in [3.63, 3.8) is 0 Å². The fourth-order valence-electron chi connectivity index (χ4n) is 5.92. The summed E-state index contributed by atoms with van der Waals surface area (Å²) in [7, 11) is 0. The number of unbranched alkanes of at least 4 members (excludes halogenated alkanes) is 2. The number of nitrogens with one attached hydrogen (secondary N) is 3. The summed E-state index contributed by atoms with van der Waals surface area (Å²) in [6, 6.07) is 18.9. The van der Waals surface area contributed by atoms with Crippen LogP contribution in [0.15, 0.2) is 78.9 Å². The summed E-state index contributed by atoms with van der Waals surface area (Å²) in [4.78, 5) is 61.8. The van der Waals surface area contributed by atoms with E-state index in [2.05, 4.69) is 16.0 Å². The predicted molar refractivity (Wildman–Crippen MR) is 186 cm³/mol. The third-order valence-corrected chi connectivity index (χ3v) is 8.71. The number of benzene rings is 3. The minimum atomic E-state index is -2.63. The molecular weight excluding hydrogens is 752 g/mol. The number of amides is 3. The van der Waals surface area contributed by atoms with Crippen molar-refractivity contribution in [3.05, 3.63) is 90.0 Å². The second kappa shape index (κ2) is 23.6. The van der Waals surface area contributed by atoms with Gasteiger partial charge in [-0.1, -0.05) is 61.0 Å². The van der Waals surface area contributed by atoms with Gasteiger partial charge in [0, 0.05) is 31.4 Å². The van der Waals surface area contributed by atoms with E-state index in [4.69, 9.17) is 14.2 Å². The summed E-state index contributed by atoms with van der Waals surface area (Å²) in [6.07, 6.45) is -6.69. The standard InChI is InChI=1S/C38H45N3O13.2Na/c1-23(42)40-32-29(41-37(51)52-22-24-8-4-2-5-9-24)20-38(36(49)50,53-19-7-3-6-10-31(45)46)54-34(32)33(47)30(44)21-39-35(48)27-13-11-25(12-14-27)26-15-17-28(43)18-16-26;;/h2,4-5,8-9,11-18,29-30,32-34,43-44,47H,3,6-7,10,19-22H2,1H3,(H,39,48)(H,40,42)(H,41,51)(H,45,46)(H,49,50);;/q;2*+1/p-2/t29-,30+,32+,33+,34+,38+;;/m0../s1. The molecule has 6 atom stereocenters. The molecule has 290 valence electrons. The Morgan fingerprint density at radius 1 is 0.875 bits per heavy atom. The van der Waals surface area contributed by atoms with Crippen molar-refractivity contribution in [3.8, 4) is 16.9 Å². The third-order valence-electron chi connectivity index (χ3n) is 8.71. The first-order chi connectivity index (χ1) is 25.8. The van der Waals surface area contributed by atoms with E-state index in [-0.39, 0.29) is 103 Å². The molecule has 18 heteroatoms. The molecular formula is C38H43N3Na2O13. The minimum absolute atomic E-state index is 0. The van der Waals surface area contributed by atoms with Crippen molar-refractivity contribution in [2.45, 2.75) is 81.8 Å². The first kappa shape index (κ1) is 48.6. The molecule has 6 N–H and O–H groups in total. The number of alkyl carbamates (subject to hydrolysis) is 1. The Kier molecular flexibility index (Phi) is 20.5. The van der Waals surface area contributed by atoms with E-state index in [9.17, 15) is 49.5 Å². The Balaban J connectivity index is 0.00000541. The largest absolute Gasteiger partial charge is 1.00 e. The van der Waals surface area contributed by atoms with Crippen molar-refractivity contribution in [1.29, 1.82) is 0 Å². The first-order valence-electron chi connectivity index (χ1n) is 17.3. The fourth-order valence-corrected chi connectivity index (χ4v) is 5.92. The third kappa shape index (κ3) is 14.4. The van der Waals surface area contributed by atoms with E-state index >= 15 is 0 Å². The zero-order chi connectivity index (χ0) is 39.3.